The van der Waals surface area contributed by atoms with Gasteiger partial charge in [-0.15, -0.1) is 0 Å². The number of aromatic nitrogens is 4. The van der Waals surface area contributed by atoms with Gasteiger partial charge in [-0.3, -0.25) is 24.3 Å². The summed E-state index contributed by atoms with van der Waals surface area (Å²) in [6.07, 6.45) is -2.84. The molecule has 1 saturated heterocycles. The second-order valence-electron chi connectivity index (χ2n) is 6.11. The summed E-state index contributed by atoms with van der Waals surface area (Å²) in [6.45, 7) is 3.36. The Labute approximate surface area is 157 Å². The number of ether oxygens (including phenoxy) is 4. The average Bonchev–Trinajstić information content (AvgIpc) is 3.16. The molecule has 1 aliphatic rings. The van der Waals surface area contributed by atoms with Crippen molar-refractivity contribution in [2.45, 2.75) is 45.2 Å². The number of esters is 3. The highest BCUT2D eigenvalue weighted by molar-refractivity contribution is 5.76. The van der Waals surface area contributed by atoms with E-state index in [9.17, 15) is 19.2 Å². The summed E-state index contributed by atoms with van der Waals surface area (Å²) in [4.78, 5) is 52.7. The Kier molecular flexibility index (Phi) is 5.40. The number of hydrogen-bond donors (Lipinski definition) is 2. The highest BCUT2D eigenvalue weighted by atomic mass is 16.6. The van der Waals surface area contributed by atoms with Gasteiger partial charge in [-0.25, -0.2) is 4.98 Å². The lowest BCUT2D eigenvalue weighted by molar-refractivity contribution is -0.165. The lowest BCUT2D eigenvalue weighted by atomic mass is 10.0. The molecule has 0 bridgehead atoms. The predicted molar refractivity (Wildman–Crippen MR) is 89.9 cm³/mol. The number of fused-ring (bicyclic) bond motifs is 1. The number of nitrogens with one attached hydrogen (secondary N) is 2. The van der Waals surface area contributed by atoms with Crippen LogP contribution in [0.15, 0.2) is 11.1 Å². The number of aromatic amines is 2. The highest BCUT2D eigenvalue weighted by Crippen LogP contribution is 2.38. The Balaban J connectivity index is 2.02. The summed E-state index contributed by atoms with van der Waals surface area (Å²) in [7, 11) is 0. The average molecular weight is 394 g/mol. The second kappa shape index (κ2) is 7.76. The number of H-pyrrole nitrogens is 2. The van der Waals surface area contributed by atoms with E-state index in [1.165, 1.54) is 27.1 Å². The van der Waals surface area contributed by atoms with E-state index < -0.39 is 47.9 Å². The summed E-state index contributed by atoms with van der Waals surface area (Å²) >= 11 is 0. The van der Waals surface area contributed by atoms with E-state index >= 15 is 0 Å². The first kappa shape index (κ1) is 19.5. The molecule has 0 spiro atoms. The van der Waals surface area contributed by atoms with Gasteiger partial charge in [-0.05, 0) is 0 Å². The van der Waals surface area contributed by atoms with Crippen LogP contribution < -0.4 is 5.56 Å². The van der Waals surface area contributed by atoms with E-state index in [1.807, 2.05) is 0 Å². The largest absolute Gasteiger partial charge is 0.463 e. The van der Waals surface area contributed by atoms with E-state index in [2.05, 4.69) is 20.2 Å². The Morgan fingerprint density at radius 3 is 2.39 bits per heavy atom. The minimum absolute atomic E-state index is 0.0372. The molecule has 2 aromatic heterocycles. The van der Waals surface area contributed by atoms with Crippen molar-refractivity contribution in [1.29, 1.82) is 0 Å². The SMILES string of the molecule is CC(=O)OC[C@H]1O[C@@H](c2[nH]nc3c(=O)[nH]cnc23)[C@@H](OC(C)=O)[C@@H]1OC(C)=O. The minimum atomic E-state index is -1.08. The van der Waals surface area contributed by atoms with Gasteiger partial charge >= 0.3 is 17.9 Å². The van der Waals surface area contributed by atoms with Crippen LogP contribution in [0.3, 0.4) is 0 Å². The third kappa shape index (κ3) is 3.86. The Morgan fingerprint density at radius 1 is 1.07 bits per heavy atom. The molecule has 28 heavy (non-hydrogen) atoms. The quantitative estimate of drug-likeness (QED) is 0.500. The molecule has 4 atom stereocenters. The zero-order chi connectivity index (χ0) is 20.4. The lowest BCUT2D eigenvalue weighted by Gasteiger charge is -2.23. The van der Waals surface area contributed by atoms with E-state index in [4.69, 9.17) is 18.9 Å². The van der Waals surface area contributed by atoms with Crippen LogP contribution in [-0.2, 0) is 33.3 Å². The summed E-state index contributed by atoms with van der Waals surface area (Å²) in [5, 5.41) is 6.58. The van der Waals surface area contributed by atoms with Gasteiger partial charge in [0.15, 0.2) is 17.7 Å². The fourth-order valence-corrected chi connectivity index (χ4v) is 3.01. The molecule has 2 N–H and O–H groups in total. The monoisotopic (exact) mass is 394 g/mol. The standard InChI is InChI=1S/C16H18N4O8/c1-6(21)25-4-9-13(26-7(2)22)15(27-8(3)23)14(28-9)11-10-12(20-19-11)16(24)18-5-17-10/h5,9,13-15H,4H2,1-3H3,(H,19,20)(H,17,18,24)/t9-,13-,14+,15+/m1/s1. The second-order valence-corrected chi connectivity index (χ2v) is 6.11. The fourth-order valence-electron chi connectivity index (χ4n) is 3.01. The summed E-state index contributed by atoms with van der Waals surface area (Å²) in [6, 6.07) is 0. The van der Waals surface area contributed by atoms with Crippen molar-refractivity contribution in [2.75, 3.05) is 6.61 Å². The van der Waals surface area contributed by atoms with Crippen molar-refractivity contribution in [1.82, 2.24) is 20.2 Å². The Morgan fingerprint density at radius 2 is 1.75 bits per heavy atom. The molecule has 0 saturated carbocycles. The normalized spacial score (nSPS) is 24.1. The van der Waals surface area contributed by atoms with Crippen LogP contribution >= 0.6 is 0 Å². The predicted octanol–water partition coefficient (Wildman–Crippen LogP) is -0.487. The third-order valence-corrected chi connectivity index (χ3v) is 4.02. The van der Waals surface area contributed by atoms with Crippen LogP contribution in [0.2, 0.25) is 0 Å². The molecule has 1 aliphatic heterocycles. The molecule has 0 aliphatic carbocycles. The van der Waals surface area contributed by atoms with E-state index in [1.54, 1.807) is 0 Å². The van der Waals surface area contributed by atoms with Crippen LogP contribution in [0.25, 0.3) is 11.0 Å². The van der Waals surface area contributed by atoms with Gasteiger partial charge in [0, 0.05) is 20.8 Å². The molecule has 150 valence electrons. The van der Waals surface area contributed by atoms with Gasteiger partial charge in [0.1, 0.15) is 24.3 Å². The zero-order valence-corrected chi connectivity index (χ0v) is 15.3. The van der Waals surface area contributed by atoms with E-state index in [0.29, 0.717) is 0 Å². The van der Waals surface area contributed by atoms with Gasteiger partial charge in [-0.2, -0.15) is 5.10 Å². The van der Waals surface area contributed by atoms with Gasteiger partial charge in [0.25, 0.3) is 5.56 Å². The third-order valence-electron chi connectivity index (χ3n) is 4.02. The molecule has 0 unspecified atom stereocenters. The molecular formula is C16H18N4O8. The maximum Gasteiger partial charge on any atom is 0.303 e. The Hall–Kier alpha value is -3.28. The lowest BCUT2D eigenvalue weighted by Crippen LogP contribution is -2.40. The van der Waals surface area contributed by atoms with Crippen molar-refractivity contribution in [3.8, 4) is 0 Å². The molecule has 3 heterocycles. The molecule has 3 rings (SSSR count). The first-order valence-corrected chi connectivity index (χ1v) is 8.32. The van der Waals surface area contributed by atoms with Crippen LogP contribution in [0.4, 0.5) is 0 Å². The van der Waals surface area contributed by atoms with Gasteiger partial charge in [-0.1, -0.05) is 0 Å². The maximum absolute atomic E-state index is 11.9. The zero-order valence-electron chi connectivity index (χ0n) is 15.3. The number of rotatable bonds is 5. The topological polar surface area (TPSA) is 163 Å². The number of carbonyl (C=O) groups is 3. The summed E-state index contributed by atoms with van der Waals surface area (Å²) in [5.74, 6) is -1.83. The van der Waals surface area contributed by atoms with Crippen LogP contribution in [-0.4, -0.2) is 63.0 Å². The summed E-state index contributed by atoms with van der Waals surface area (Å²) in [5.41, 5.74) is 0.0353. The molecule has 12 heteroatoms. The smallest absolute Gasteiger partial charge is 0.303 e. The molecular weight excluding hydrogens is 376 g/mol. The van der Waals surface area contributed by atoms with Crippen molar-refractivity contribution >= 4 is 28.9 Å². The minimum Gasteiger partial charge on any atom is -0.463 e. The van der Waals surface area contributed by atoms with Crippen molar-refractivity contribution in [3.05, 3.63) is 22.4 Å². The van der Waals surface area contributed by atoms with Crippen molar-refractivity contribution in [3.63, 3.8) is 0 Å². The summed E-state index contributed by atoms with van der Waals surface area (Å²) < 4.78 is 21.5. The van der Waals surface area contributed by atoms with Crippen LogP contribution in [0, 0.1) is 0 Å². The first-order chi connectivity index (χ1) is 13.3. The fraction of sp³-hybridized carbons (Fsp3) is 0.500. The molecule has 0 radical (unpaired) electrons. The van der Waals surface area contributed by atoms with Crippen molar-refractivity contribution in [2.24, 2.45) is 0 Å². The van der Waals surface area contributed by atoms with Gasteiger partial charge < -0.3 is 23.9 Å². The highest BCUT2D eigenvalue weighted by Gasteiger charge is 2.51. The molecule has 12 nitrogen and oxygen atoms in total. The van der Waals surface area contributed by atoms with Crippen molar-refractivity contribution < 1.29 is 33.3 Å². The molecule has 2 aromatic rings. The van der Waals surface area contributed by atoms with E-state index in [-0.39, 0.29) is 23.3 Å². The van der Waals surface area contributed by atoms with Crippen LogP contribution in [0.5, 0.6) is 0 Å². The van der Waals surface area contributed by atoms with E-state index in [0.717, 1.165) is 0 Å². The van der Waals surface area contributed by atoms with Crippen LogP contribution in [0.1, 0.15) is 32.6 Å². The maximum atomic E-state index is 11.9. The number of hydrogen-bond acceptors (Lipinski definition) is 10. The molecule has 1 fully saturated rings. The van der Waals surface area contributed by atoms with Gasteiger partial charge in [0.2, 0.25) is 0 Å². The first-order valence-electron chi connectivity index (χ1n) is 8.32. The number of carbonyl (C=O) groups excluding carboxylic acids is 3. The van der Waals surface area contributed by atoms with Gasteiger partial charge in [0.05, 0.1) is 12.0 Å². The molecule has 0 aromatic carbocycles. The number of nitrogens with zero attached hydrogens (tertiary/aromatic N) is 2. The Bertz CT molecular complexity index is 967. The molecule has 0 amide bonds.